The van der Waals surface area contributed by atoms with Crippen molar-refractivity contribution in [1.29, 1.82) is 0 Å². The number of nitrogens with zero attached hydrogens (tertiary/aromatic N) is 5. The number of hydrogen-bond donors (Lipinski definition) is 1. The van der Waals surface area contributed by atoms with E-state index in [1.54, 1.807) is 4.80 Å². The first-order valence-corrected chi connectivity index (χ1v) is 7.30. The Hall–Kier alpha value is -1.10. The number of aliphatic hydroxyl groups excluding tert-OH is 1. The van der Waals surface area contributed by atoms with Crippen molar-refractivity contribution in [3.05, 3.63) is 55.9 Å². The Morgan fingerprint density at radius 3 is 2.43 bits per heavy atom. The second-order valence-corrected chi connectivity index (χ2v) is 5.67. The molecule has 0 bridgehead atoms. The van der Waals surface area contributed by atoms with Gasteiger partial charge in [0, 0.05) is 0 Å². The molecule has 2 unspecified atom stereocenters. The van der Waals surface area contributed by atoms with Crippen LogP contribution in [-0.4, -0.2) is 43.3 Å². The summed E-state index contributed by atoms with van der Waals surface area (Å²) in [5.41, 5.74) is 1.11. The van der Waals surface area contributed by atoms with Gasteiger partial charge in [-0.2, -0.15) is 4.80 Å². The van der Waals surface area contributed by atoms with Gasteiger partial charge in [-0.1, -0.05) is 37.3 Å². The number of hydrogen-bond acceptors (Lipinski definition) is 5. The third kappa shape index (κ3) is 3.87. The molecule has 0 aliphatic carbocycles. The molecule has 0 saturated carbocycles. The van der Waals surface area contributed by atoms with E-state index >= 15 is 0 Å². The van der Waals surface area contributed by atoms with Crippen molar-refractivity contribution in [2.45, 2.75) is 18.8 Å². The number of aryl methyl sites for hydroxylation is 1. The molecule has 2 heterocycles. The number of aromatic nitrogens is 4. The van der Waals surface area contributed by atoms with Crippen molar-refractivity contribution in [2.75, 3.05) is 13.1 Å². The molecule has 2 atom stereocenters. The van der Waals surface area contributed by atoms with Gasteiger partial charge in [0.1, 0.15) is 0 Å². The zero-order valence-corrected chi connectivity index (χ0v) is 16.5. The molecule has 1 aliphatic rings. The zero-order valence-electron chi connectivity index (χ0n) is 13.6. The molecule has 1 N–H and O–H groups in total. The Morgan fingerprint density at radius 2 is 1.91 bits per heavy atom. The minimum Gasteiger partial charge on any atom is -0.569 e. The van der Waals surface area contributed by atoms with Crippen molar-refractivity contribution >= 4 is 0 Å². The van der Waals surface area contributed by atoms with Crippen molar-refractivity contribution < 1.29 is 26.2 Å². The van der Waals surface area contributed by atoms with Gasteiger partial charge in [-0.15, -0.1) is 10.2 Å². The first kappa shape index (κ1) is 19.9. The number of benzene rings is 1. The van der Waals surface area contributed by atoms with Crippen LogP contribution in [0.25, 0.3) is 0 Å². The first-order valence-electron chi connectivity index (χ1n) is 7.30. The molecule has 2 aromatic rings. The van der Waals surface area contributed by atoms with Gasteiger partial charge in [-0.05, 0) is 36.2 Å². The van der Waals surface area contributed by atoms with Gasteiger partial charge in [0.15, 0.2) is 5.82 Å². The molecular weight excluding hydrogens is 462 g/mol. The first-order chi connectivity index (χ1) is 10.6. The quantitative estimate of drug-likeness (QED) is 0.658. The fourth-order valence-electron chi connectivity index (χ4n) is 3.30. The molecule has 1 saturated heterocycles. The second-order valence-electron chi connectivity index (χ2n) is 5.67. The summed E-state index contributed by atoms with van der Waals surface area (Å²) in [5.74, 6) is 1.21. The summed E-state index contributed by atoms with van der Waals surface area (Å²) in [6.07, 6.45) is 0.966. The molecule has 1 fully saturated rings. The maximum Gasteiger partial charge on any atom is 2.00 e. The maximum absolute atomic E-state index is 6.75. The standard InChI is InChI=1S/C15H20N5.CH3O.W/c1-12-11-19(2)10-9-15(12,13-7-5-4-6-8-13)14-16-18-20(3)17-14;1-2;/h4-8,12H,2,9-11H2,1,3H3;2H,1H2;/q2*-1;+2. The monoisotopic (exact) mass is 485 g/mol. The summed E-state index contributed by atoms with van der Waals surface area (Å²) in [5, 5.41) is 19.6. The molecule has 0 radical (unpaired) electrons. The van der Waals surface area contributed by atoms with E-state index in [1.807, 2.05) is 13.1 Å². The van der Waals surface area contributed by atoms with E-state index in [9.17, 15) is 0 Å². The number of tetrazole rings is 1. The van der Waals surface area contributed by atoms with Crippen LogP contribution in [0.5, 0.6) is 0 Å². The molecule has 1 aliphatic heterocycles. The maximum atomic E-state index is 6.75. The average Bonchev–Trinajstić information content (AvgIpc) is 2.97. The fourth-order valence-corrected chi connectivity index (χ4v) is 3.30. The number of piperidine rings is 1. The van der Waals surface area contributed by atoms with Crippen LogP contribution in [0.4, 0.5) is 0 Å². The molecule has 23 heavy (non-hydrogen) atoms. The van der Waals surface area contributed by atoms with Gasteiger partial charge < -0.3 is 10.0 Å². The summed E-state index contributed by atoms with van der Waals surface area (Å²) in [6, 6.07) is 10.5. The number of rotatable bonds is 2. The Morgan fingerprint density at radius 1 is 1.26 bits per heavy atom. The van der Waals surface area contributed by atoms with Crippen LogP contribution in [0.1, 0.15) is 24.7 Å². The van der Waals surface area contributed by atoms with Crippen LogP contribution in [0.15, 0.2) is 30.3 Å². The molecule has 0 amide bonds. The van der Waals surface area contributed by atoms with E-state index in [-0.39, 0.29) is 26.5 Å². The molecule has 6 nitrogen and oxygen atoms in total. The molecule has 1 aromatic heterocycles. The second kappa shape index (κ2) is 8.67. The van der Waals surface area contributed by atoms with Gasteiger partial charge >= 0.3 is 21.1 Å². The minimum atomic E-state index is -0.163. The zero-order chi connectivity index (χ0) is 16.2. The van der Waals surface area contributed by atoms with Gasteiger partial charge in [-0.25, -0.2) is 7.11 Å². The van der Waals surface area contributed by atoms with E-state index in [0.717, 1.165) is 25.3 Å². The van der Waals surface area contributed by atoms with E-state index in [0.29, 0.717) is 5.92 Å². The van der Waals surface area contributed by atoms with Crippen LogP contribution < -0.4 is 0 Å². The van der Waals surface area contributed by atoms with Crippen LogP contribution in [-0.2, 0) is 33.5 Å². The minimum absolute atomic E-state index is 0. The van der Waals surface area contributed by atoms with Crippen molar-refractivity contribution in [1.82, 2.24) is 25.1 Å². The van der Waals surface area contributed by atoms with Crippen LogP contribution in [0, 0.1) is 20.1 Å². The molecule has 3 rings (SSSR count). The fraction of sp³-hybridized carbons (Fsp3) is 0.438. The average molecular weight is 485 g/mol. The van der Waals surface area contributed by atoms with E-state index in [2.05, 4.69) is 65.7 Å². The summed E-state index contributed by atoms with van der Waals surface area (Å²) in [6.45, 7) is 4.13. The third-order valence-corrected chi connectivity index (χ3v) is 4.39. The van der Waals surface area contributed by atoms with E-state index in [1.165, 1.54) is 5.56 Å². The predicted octanol–water partition coefficient (Wildman–Crippen LogP) is 1.78. The van der Waals surface area contributed by atoms with Crippen molar-refractivity contribution in [2.24, 2.45) is 13.0 Å². The Kier molecular flexibility index (Phi) is 7.52. The Bertz CT molecular complexity index is 591. The van der Waals surface area contributed by atoms with E-state index < -0.39 is 0 Å². The number of likely N-dealkylation sites (tertiary alicyclic amines) is 1. The third-order valence-electron chi connectivity index (χ3n) is 4.39. The van der Waals surface area contributed by atoms with Crippen LogP contribution in [0.2, 0.25) is 0 Å². The van der Waals surface area contributed by atoms with Crippen molar-refractivity contribution in [3.63, 3.8) is 0 Å². The molecule has 124 valence electrons. The Labute approximate surface area is 152 Å². The van der Waals surface area contributed by atoms with Gasteiger partial charge in [0.05, 0.1) is 12.5 Å². The molecule has 7 heteroatoms. The largest absolute Gasteiger partial charge is 2.00 e. The van der Waals surface area contributed by atoms with E-state index in [4.69, 9.17) is 5.11 Å². The summed E-state index contributed by atoms with van der Waals surface area (Å²) in [4.78, 5) is 3.67. The van der Waals surface area contributed by atoms with Gasteiger partial charge in [-0.3, -0.25) is 7.05 Å². The van der Waals surface area contributed by atoms with Gasteiger partial charge in [0.2, 0.25) is 0 Å². The molecule has 1 aromatic carbocycles. The smallest absolute Gasteiger partial charge is 0.569 e. The SMILES string of the molecule is [CH2-]N1CCC(c2ccccc2)(c2nnn(C)n2)C(C)C1.[CH2-]O.[W+2]. The molecule has 0 spiro atoms. The number of aliphatic hydroxyl groups is 1. The normalized spacial score (nSPS) is 24.3. The van der Waals surface area contributed by atoms with Crippen LogP contribution >= 0.6 is 0 Å². The topological polar surface area (TPSA) is 67.1 Å². The summed E-state index contributed by atoms with van der Waals surface area (Å²) >= 11 is 0. The molecular formula is C16H23N5OW. The predicted molar refractivity (Wildman–Crippen MR) is 84.0 cm³/mol. The van der Waals surface area contributed by atoms with Gasteiger partial charge in [0.25, 0.3) is 0 Å². The van der Waals surface area contributed by atoms with Crippen LogP contribution in [0.3, 0.4) is 0 Å². The Balaban J connectivity index is 0.000000849. The summed E-state index contributed by atoms with van der Waals surface area (Å²) < 4.78 is 0. The van der Waals surface area contributed by atoms with Crippen molar-refractivity contribution in [3.8, 4) is 0 Å². The summed E-state index contributed by atoms with van der Waals surface area (Å²) in [7, 11) is 8.14.